The topological polar surface area (TPSA) is 12.5 Å². The van der Waals surface area contributed by atoms with Crippen molar-refractivity contribution in [1.29, 1.82) is 0 Å². The van der Waals surface area contributed by atoms with Crippen molar-refractivity contribution < 1.29 is 4.74 Å². The van der Waals surface area contributed by atoms with E-state index in [4.69, 9.17) is 4.74 Å². The van der Waals surface area contributed by atoms with Gasteiger partial charge in [0, 0.05) is 18.2 Å². The number of hydrogen-bond acceptors (Lipinski definition) is 2. The molecule has 0 saturated heterocycles. The molecule has 0 N–H and O–H groups in total. The van der Waals surface area contributed by atoms with E-state index in [9.17, 15) is 0 Å². The van der Waals surface area contributed by atoms with Crippen LogP contribution in [0.1, 0.15) is 35.2 Å². The van der Waals surface area contributed by atoms with Gasteiger partial charge in [0.25, 0.3) is 0 Å². The number of nitrogens with zero attached hydrogens (tertiary/aromatic N) is 1. The van der Waals surface area contributed by atoms with Gasteiger partial charge in [0.2, 0.25) is 0 Å². The standard InChI is InChI=1S/C20H23NO/c1-4-13-8-9-15-12-17-18-14(10-11-21(17)2)6-5-7-16(18)19(15)20(13)22-3/h5-9,17H,4,10-12H2,1-3H3/t17-/m1/s1. The lowest BCUT2D eigenvalue weighted by molar-refractivity contribution is 0.228. The van der Waals surface area contributed by atoms with E-state index in [1.807, 2.05) is 7.11 Å². The third-order valence-corrected chi connectivity index (χ3v) is 5.39. The zero-order chi connectivity index (χ0) is 15.3. The molecule has 0 fully saturated rings. The summed E-state index contributed by atoms with van der Waals surface area (Å²) in [5, 5.41) is 0. The number of aryl methyl sites for hydroxylation is 1. The number of benzene rings is 2. The molecule has 2 aromatic carbocycles. The highest BCUT2D eigenvalue weighted by Gasteiger charge is 2.34. The molecular formula is C20H23NO. The van der Waals surface area contributed by atoms with Crippen LogP contribution in [0.2, 0.25) is 0 Å². The van der Waals surface area contributed by atoms with Crippen LogP contribution in [0.4, 0.5) is 0 Å². The van der Waals surface area contributed by atoms with Gasteiger partial charge in [-0.25, -0.2) is 0 Å². The zero-order valence-corrected chi connectivity index (χ0v) is 13.6. The maximum absolute atomic E-state index is 5.83. The fourth-order valence-corrected chi connectivity index (χ4v) is 4.23. The van der Waals surface area contributed by atoms with Gasteiger partial charge in [-0.3, -0.25) is 4.90 Å². The average Bonchev–Trinajstić information content (AvgIpc) is 2.56. The van der Waals surface area contributed by atoms with Crippen LogP contribution in [-0.4, -0.2) is 25.6 Å². The van der Waals surface area contributed by atoms with Crippen LogP contribution >= 0.6 is 0 Å². The number of fused-ring (bicyclic) bond motifs is 2. The zero-order valence-electron chi connectivity index (χ0n) is 13.6. The average molecular weight is 293 g/mol. The van der Waals surface area contributed by atoms with Crippen molar-refractivity contribution in [3.05, 3.63) is 52.6 Å². The summed E-state index contributed by atoms with van der Waals surface area (Å²) in [7, 11) is 4.06. The molecule has 114 valence electrons. The predicted octanol–water partition coefficient (Wildman–Crippen LogP) is 4.01. The fraction of sp³-hybridized carbons (Fsp3) is 0.400. The highest BCUT2D eigenvalue weighted by atomic mass is 16.5. The number of methoxy groups -OCH3 is 1. The molecule has 1 heterocycles. The summed E-state index contributed by atoms with van der Waals surface area (Å²) < 4.78 is 5.83. The van der Waals surface area contributed by atoms with Crippen LogP contribution in [0.25, 0.3) is 11.1 Å². The quantitative estimate of drug-likeness (QED) is 0.829. The molecule has 4 rings (SSSR count). The fourth-order valence-electron chi connectivity index (χ4n) is 4.23. The minimum Gasteiger partial charge on any atom is -0.496 e. The van der Waals surface area contributed by atoms with E-state index < -0.39 is 0 Å². The first-order valence-electron chi connectivity index (χ1n) is 8.25. The molecule has 0 bridgehead atoms. The van der Waals surface area contributed by atoms with Crippen molar-refractivity contribution in [2.45, 2.75) is 32.2 Å². The highest BCUT2D eigenvalue weighted by molar-refractivity contribution is 5.81. The van der Waals surface area contributed by atoms with E-state index in [2.05, 4.69) is 49.2 Å². The molecule has 0 radical (unpaired) electrons. The third-order valence-electron chi connectivity index (χ3n) is 5.39. The van der Waals surface area contributed by atoms with Crippen molar-refractivity contribution in [2.75, 3.05) is 20.7 Å². The second-order valence-corrected chi connectivity index (χ2v) is 6.47. The summed E-state index contributed by atoms with van der Waals surface area (Å²) in [6, 6.07) is 11.9. The number of likely N-dealkylation sites (N-methyl/N-ethyl adjacent to an activating group) is 1. The van der Waals surface area contributed by atoms with E-state index in [1.54, 1.807) is 0 Å². The lowest BCUT2D eigenvalue weighted by Gasteiger charge is -2.40. The second-order valence-electron chi connectivity index (χ2n) is 6.47. The minimum absolute atomic E-state index is 0.518. The van der Waals surface area contributed by atoms with Crippen LogP contribution < -0.4 is 4.74 Å². The van der Waals surface area contributed by atoms with Crippen LogP contribution in [0, 0.1) is 0 Å². The van der Waals surface area contributed by atoms with Crippen LogP contribution in [-0.2, 0) is 19.3 Å². The Labute approximate surface area is 132 Å². The van der Waals surface area contributed by atoms with Crippen LogP contribution in [0.5, 0.6) is 5.75 Å². The highest BCUT2D eigenvalue weighted by Crippen LogP contribution is 2.48. The molecule has 0 spiro atoms. The summed E-state index contributed by atoms with van der Waals surface area (Å²) in [6.45, 7) is 3.35. The molecule has 0 amide bonds. The Morgan fingerprint density at radius 2 is 2.05 bits per heavy atom. The Balaban J connectivity index is 2.02. The van der Waals surface area contributed by atoms with Gasteiger partial charge in [-0.2, -0.15) is 0 Å². The summed E-state index contributed by atoms with van der Waals surface area (Å²) >= 11 is 0. The monoisotopic (exact) mass is 293 g/mol. The Morgan fingerprint density at radius 1 is 1.18 bits per heavy atom. The molecule has 0 aromatic heterocycles. The molecule has 1 aliphatic heterocycles. The number of rotatable bonds is 2. The van der Waals surface area contributed by atoms with Crippen molar-refractivity contribution >= 4 is 0 Å². The maximum Gasteiger partial charge on any atom is 0.130 e. The van der Waals surface area contributed by atoms with Crippen LogP contribution in [0.15, 0.2) is 30.3 Å². The van der Waals surface area contributed by atoms with Gasteiger partial charge in [0.05, 0.1) is 7.11 Å². The predicted molar refractivity (Wildman–Crippen MR) is 90.6 cm³/mol. The van der Waals surface area contributed by atoms with Crippen molar-refractivity contribution in [1.82, 2.24) is 4.90 Å². The second kappa shape index (κ2) is 5.13. The van der Waals surface area contributed by atoms with Gasteiger partial charge in [0.15, 0.2) is 0 Å². The van der Waals surface area contributed by atoms with Gasteiger partial charge >= 0.3 is 0 Å². The molecule has 22 heavy (non-hydrogen) atoms. The van der Waals surface area contributed by atoms with Crippen molar-refractivity contribution in [3.63, 3.8) is 0 Å². The van der Waals surface area contributed by atoms with Gasteiger partial charge in [-0.15, -0.1) is 0 Å². The van der Waals surface area contributed by atoms with Gasteiger partial charge < -0.3 is 4.74 Å². The minimum atomic E-state index is 0.518. The Bertz CT molecular complexity index is 735. The van der Waals surface area contributed by atoms with Crippen LogP contribution in [0.3, 0.4) is 0 Å². The summed E-state index contributed by atoms with van der Waals surface area (Å²) in [6.07, 6.45) is 3.26. The molecule has 2 nitrogen and oxygen atoms in total. The summed E-state index contributed by atoms with van der Waals surface area (Å²) in [5.41, 5.74) is 8.53. The molecule has 1 aliphatic carbocycles. The normalized spacial score (nSPS) is 19.5. The molecular weight excluding hydrogens is 270 g/mol. The first-order chi connectivity index (χ1) is 10.7. The Kier molecular flexibility index (Phi) is 3.23. The van der Waals surface area contributed by atoms with Crippen molar-refractivity contribution in [2.24, 2.45) is 0 Å². The van der Waals surface area contributed by atoms with Gasteiger partial charge in [-0.1, -0.05) is 37.3 Å². The smallest absolute Gasteiger partial charge is 0.130 e. The largest absolute Gasteiger partial charge is 0.496 e. The lowest BCUT2D eigenvalue weighted by Crippen LogP contribution is -2.35. The molecule has 2 heteroatoms. The van der Waals surface area contributed by atoms with E-state index in [0.717, 1.165) is 31.6 Å². The molecule has 0 saturated carbocycles. The summed E-state index contributed by atoms with van der Waals surface area (Å²) in [4.78, 5) is 2.51. The van der Waals surface area contributed by atoms with Gasteiger partial charge in [-0.05, 0) is 54.1 Å². The lowest BCUT2D eigenvalue weighted by atomic mass is 9.76. The van der Waals surface area contributed by atoms with E-state index in [1.165, 1.54) is 33.4 Å². The van der Waals surface area contributed by atoms with Crippen molar-refractivity contribution in [3.8, 4) is 16.9 Å². The Morgan fingerprint density at radius 3 is 2.82 bits per heavy atom. The first kappa shape index (κ1) is 13.8. The molecule has 1 atom stereocenters. The number of ether oxygens (including phenoxy) is 1. The molecule has 2 aromatic rings. The SMILES string of the molecule is CCc1ccc2c(c1OC)-c1cccc3c1[C@@H](C2)N(C)CC3. The number of hydrogen-bond donors (Lipinski definition) is 0. The third kappa shape index (κ3) is 1.83. The van der Waals surface area contributed by atoms with E-state index in [0.29, 0.717) is 6.04 Å². The first-order valence-corrected chi connectivity index (χ1v) is 8.25. The molecule has 0 unspecified atom stereocenters. The van der Waals surface area contributed by atoms with Gasteiger partial charge in [0.1, 0.15) is 5.75 Å². The van der Waals surface area contributed by atoms with E-state index in [-0.39, 0.29) is 0 Å². The maximum atomic E-state index is 5.83. The Hall–Kier alpha value is -1.80. The summed E-state index contributed by atoms with van der Waals surface area (Å²) in [5.74, 6) is 1.08. The van der Waals surface area contributed by atoms with E-state index >= 15 is 0 Å². The molecule has 2 aliphatic rings.